The van der Waals surface area contributed by atoms with Gasteiger partial charge in [0.05, 0.1) is 8.80 Å². The zero-order chi connectivity index (χ0) is 11.6. The van der Waals surface area contributed by atoms with Gasteiger partial charge in [0.2, 0.25) is 0 Å². The van der Waals surface area contributed by atoms with E-state index in [0.29, 0.717) is 0 Å². The normalized spacial score (nSPS) is 11.9. The molecule has 1 nitrogen and oxygen atoms in total. The molecule has 0 bridgehead atoms. The van der Waals surface area contributed by atoms with Crippen molar-refractivity contribution in [3.63, 3.8) is 0 Å². The third kappa shape index (κ3) is 2.78. The van der Waals surface area contributed by atoms with E-state index in [9.17, 15) is 4.79 Å². The Kier molecular flexibility index (Phi) is 3.50. The first-order chi connectivity index (χ1) is 6.86. The lowest BCUT2D eigenvalue weighted by Crippen LogP contribution is -2.28. The summed E-state index contributed by atoms with van der Waals surface area (Å²) >= 11 is 0. The van der Waals surface area contributed by atoms with E-state index in [2.05, 4.69) is 46.0 Å². The van der Waals surface area contributed by atoms with Crippen LogP contribution in [0.2, 0.25) is 13.1 Å². The SMILES string of the molecule is C[Si](C)c1cc(C(C)(C)C)ccc1C=O. The third-order valence-corrected chi connectivity index (χ3v) is 4.10. The van der Waals surface area contributed by atoms with Crippen molar-refractivity contribution in [1.82, 2.24) is 0 Å². The fourth-order valence-corrected chi connectivity index (χ4v) is 2.72. The Hall–Kier alpha value is -0.893. The summed E-state index contributed by atoms with van der Waals surface area (Å²) in [5.41, 5.74) is 2.34. The molecule has 0 heterocycles. The highest BCUT2D eigenvalue weighted by atomic mass is 28.3. The van der Waals surface area contributed by atoms with Crippen molar-refractivity contribution < 1.29 is 4.79 Å². The minimum absolute atomic E-state index is 0.160. The average molecular weight is 219 g/mol. The summed E-state index contributed by atoms with van der Waals surface area (Å²) in [6.07, 6.45) is 0.972. The maximum absolute atomic E-state index is 10.9. The molecule has 0 fully saturated rings. The van der Waals surface area contributed by atoms with E-state index in [1.807, 2.05) is 6.07 Å². The van der Waals surface area contributed by atoms with Gasteiger partial charge in [-0.25, -0.2) is 0 Å². The van der Waals surface area contributed by atoms with Crippen LogP contribution in [0.4, 0.5) is 0 Å². The predicted octanol–water partition coefficient (Wildman–Crippen LogP) is 2.76. The summed E-state index contributed by atoms with van der Waals surface area (Å²) in [5, 5.41) is 1.25. The smallest absolute Gasteiger partial charge is 0.149 e. The number of rotatable bonds is 2. The Morgan fingerprint density at radius 3 is 2.20 bits per heavy atom. The first-order valence-corrected chi connectivity index (χ1v) is 7.76. The first kappa shape index (κ1) is 12.2. The fraction of sp³-hybridized carbons (Fsp3) is 0.462. The summed E-state index contributed by atoms with van der Waals surface area (Å²) in [7, 11) is -0.567. The molecule has 0 saturated heterocycles. The van der Waals surface area contributed by atoms with Gasteiger partial charge in [0.1, 0.15) is 6.29 Å². The van der Waals surface area contributed by atoms with Crippen LogP contribution in [0.15, 0.2) is 18.2 Å². The van der Waals surface area contributed by atoms with E-state index in [1.165, 1.54) is 10.8 Å². The van der Waals surface area contributed by atoms with Crippen LogP contribution in [0.5, 0.6) is 0 Å². The maximum atomic E-state index is 10.9. The van der Waals surface area contributed by atoms with Gasteiger partial charge in [-0.2, -0.15) is 0 Å². The Morgan fingerprint density at radius 1 is 1.20 bits per heavy atom. The lowest BCUT2D eigenvalue weighted by molar-refractivity contribution is 0.112. The van der Waals surface area contributed by atoms with E-state index in [1.54, 1.807) is 0 Å². The number of carbonyl (C=O) groups is 1. The van der Waals surface area contributed by atoms with Crippen molar-refractivity contribution in [2.75, 3.05) is 0 Å². The molecule has 15 heavy (non-hydrogen) atoms. The van der Waals surface area contributed by atoms with Crippen LogP contribution in [-0.4, -0.2) is 15.1 Å². The molecular formula is C13H19OSi. The van der Waals surface area contributed by atoms with Crippen LogP contribution in [-0.2, 0) is 5.41 Å². The number of benzene rings is 1. The highest BCUT2D eigenvalue weighted by Gasteiger charge is 2.16. The molecule has 0 aliphatic heterocycles. The van der Waals surface area contributed by atoms with Crippen LogP contribution in [0.25, 0.3) is 0 Å². The third-order valence-electron chi connectivity index (χ3n) is 2.58. The van der Waals surface area contributed by atoms with E-state index in [0.717, 1.165) is 11.8 Å². The molecule has 1 rings (SSSR count). The molecule has 1 radical (unpaired) electrons. The van der Waals surface area contributed by atoms with Gasteiger partial charge in [0, 0.05) is 5.56 Å². The molecule has 0 atom stereocenters. The van der Waals surface area contributed by atoms with Crippen molar-refractivity contribution in [1.29, 1.82) is 0 Å². The number of aldehydes is 1. The molecule has 1 aromatic carbocycles. The Morgan fingerprint density at radius 2 is 1.80 bits per heavy atom. The highest BCUT2D eigenvalue weighted by Crippen LogP contribution is 2.21. The van der Waals surface area contributed by atoms with Gasteiger partial charge in [-0.15, -0.1) is 0 Å². The van der Waals surface area contributed by atoms with Crippen molar-refractivity contribution in [2.24, 2.45) is 0 Å². The zero-order valence-corrected chi connectivity index (χ0v) is 11.2. The Bertz CT molecular complexity index is 361. The molecule has 1 aromatic rings. The topological polar surface area (TPSA) is 17.1 Å². The molecular weight excluding hydrogens is 200 g/mol. The summed E-state index contributed by atoms with van der Waals surface area (Å²) < 4.78 is 0. The monoisotopic (exact) mass is 219 g/mol. The second kappa shape index (κ2) is 4.31. The molecule has 2 heteroatoms. The van der Waals surface area contributed by atoms with Gasteiger partial charge >= 0.3 is 0 Å². The Balaban J connectivity index is 3.28. The van der Waals surface area contributed by atoms with Crippen LogP contribution in [0.3, 0.4) is 0 Å². The molecule has 0 aliphatic rings. The van der Waals surface area contributed by atoms with Crippen LogP contribution in [0, 0.1) is 0 Å². The molecule has 0 aromatic heterocycles. The van der Waals surface area contributed by atoms with E-state index < -0.39 is 8.80 Å². The first-order valence-electron chi connectivity index (χ1n) is 5.26. The van der Waals surface area contributed by atoms with Crippen molar-refractivity contribution >= 4 is 20.3 Å². The minimum Gasteiger partial charge on any atom is -0.298 e. The lowest BCUT2D eigenvalue weighted by Gasteiger charge is -2.21. The van der Waals surface area contributed by atoms with Crippen molar-refractivity contribution in [2.45, 2.75) is 39.3 Å². The van der Waals surface area contributed by atoms with Gasteiger partial charge in [-0.3, -0.25) is 4.79 Å². The Labute approximate surface area is 94.1 Å². The summed E-state index contributed by atoms with van der Waals surface area (Å²) in [4.78, 5) is 10.9. The van der Waals surface area contributed by atoms with E-state index in [-0.39, 0.29) is 5.41 Å². The average Bonchev–Trinajstić information content (AvgIpc) is 2.15. The van der Waals surface area contributed by atoms with Crippen molar-refractivity contribution in [3.05, 3.63) is 29.3 Å². The second-order valence-electron chi connectivity index (χ2n) is 5.17. The second-order valence-corrected chi connectivity index (χ2v) is 7.71. The number of carbonyl (C=O) groups excluding carboxylic acids is 1. The van der Waals surface area contributed by atoms with Crippen LogP contribution < -0.4 is 5.19 Å². The van der Waals surface area contributed by atoms with Crippen LogP contribution >= 0.6 is 0 Å². The molecule has 0 N–H and O–H groups in total. The minimum atomic E-state index is -0.567. The van der Waals surface area contributed by atoms with Gasteiger partial charge in [0.25, 0.3) is 0 Å². The zero-order valence-electron chi connectivity index (χ0n) is 10.2. The number of hydrogen-bond donors (Lipinski definition) is 0. The summed E-state index contributed by atoms with van der Waals surface area (Å²) in [5.74, 6) is 0. The van der Waals surface area contributed by atoms with E-state index >= 15 is 0 Å². The molecule has 0 amide bonds. The molecule has 81 valence electrons. The summed E-state index contributed by atoms with van der Waals surface area (Å²) in [6.45, 7) is 11.0. The standard InChI is InChI=1S/C13H19OSi/c1-13(2,3)11-7-6-10(9-14)12(8-11)15(4)5/h6-9H,1-5H3. The molecule has 0 saturated carbocycles. The van der Waals surface area contributed by atoms with Gasteiger partial charge in [-0.1, -0.05) is 57.3 Å². The lowest BCUT2D eigenvalue weighted by atomic mass is 9.87. The van der Waals surface area contributed by atoms with Gasteiger partial charge < -0.3 is 0 Å². The predicted molar refractivity (Wildman–Crippen MR) is 67.6 cm³/mol. The van der Waals surface area contributed by atoms with Crippen LogP contribution in [0.1, 0.15) is 36.7 Å². The highest BCUT2D eigenvalue weighted by molar-refractivity contribution is 6.71. The van der Waals surface area contributed by atoms with Gasteiger partial charge in [-0.05, 0) is 11.0 Å². The maximum Gasteiger partial charge on any atom is 0.149 e. The largest absolute Gasteiger partial charge is 0.298 e. The fourth-order valence-electron chi connectivity index (χ4n) is 1.56. The van der Waals surface area contributed by atoms with Crippen molar-refractivity contribution in [3.8, 4) is 0 Å². The van der Waals surface area contributed by atoms with E-state index in [4.69, 9.17) is 0 Å². The number of hydrogen-bond acceptors (Lipinski definition) is 1. The summed E-state index contributed by atoms with van der Waals surface area (Å²) in [6, 6.07) is 6.23. The molecule has 0 unspecified atom stereocenters. The molecule has 0 aliphatic carbocycles. The molecule has 0 spiro atoms. The quantitative estimate of drug-likeness (QED) is 0.552. The van der Waals surface area contributed by atoms with Gasteiger partial charge in [0.15, 0.2) is 0 Å².